The highest BCUT2D eigenvalue weighted by Gasteiger charge is 2.25. The van der Waals surface area contributed by atoms with Crippen LogP contribution in [0.4, 0.5) is 5.69 Å². The molecule has 1 amide bonds. The Morgan fingerprint density at radius 2 is 2.24 bits per heavy atom. The van der Waals surface area contributed by atoms with E-state index in [9.17, 15) is 4.79 Å². The number of hydrogen-bond donors (Lipinski definition) is 2. The fourth-order valence-corrected chi connectivity index (χ4v) is 2.74. The quantitative estimate of drug-likeness (QED) is 0.885. The Morgan fingerprint density at radius 1 is 1.48 bits per heavy atom. The summed E-state index contributed by atoms with van der Waals surface area (Å²) in [4.78, 5) is 12.3. The van der Waals surface area contributed by atoms with Gasteiger partial charge in [0.1, 0.15) is 5.75 Å². The second kappa shape index (κ2) is 8.47. The summed E-state index contributed by atoms with van der Waals surface area (Å²) < 4.78 is 5.50. The highest BCUT2D eigenvalue weighted by Crippen LogP contribution is 2.30. The molecule has 1 fully saturated rings. The van der Waals surface area contributed by atoms with Crippen LogP contribution in [0.3, 0.4) is 0 Å². The van der Waals surface area contributed by atoms with Crippen LogP contribution in [0.5, 0.6) is 5.75 Å². The lowest BCUT2D eigenvalue weighted by Crippen LogP contribution is -2.34. The van der Waals surface area contributed by atoms with Crippen LogP contribution in [0.15, 0.2) is 18.2 Å². The van der Waals surface area contributed by atoms with Gasteiger partial charge in [0, 0.05) is 23.0 Å². The fourth-order valence-electron chi connectivity index (χ4n) is 2.57. The van der Waals surface area contributed by atoms with Gasteiger partial charge >= 0.3 is 0 Å². The molecule has 2 unspecified atom stereocenters. The summed E-state index contributed by atoms with van der Waals surface area (Å²) in [5, 5.41) is 3.52. The monoisotopic (exact) mass is 332 g/mol. The van der Waals surface area contributed by atoms with Gasteiger partial charge in [0.05, 0.1) is 12.3 Å². The lowest BCUT2D eigenvalue weighted by molar-refractivity contribution is -0.120. The minimum Gasteiger partial charge on any atom is -0.492 e. The number of nitrogens with one attached hydrogen (secondary N) is 1. The minimum absolute atomic E-state index is 0. The number of benzene rings is 1. The fraction of sp³-hybridized carbons (Fsp3) is 0.533. The van der Waals surface area contributed by atoms with E-state index in [0.717, 1.165) is 25.7 Å². The van der Waals surface area contributed by atoms with Crippen LogP contribution in [0.2, 0.25) is 5.02 Å². The first-order chi connectivity index (χ1) is 9.60. The molecule has 118 valence electrons. The highest BCUT2D eigenvalue weighted by molar-refractivity contribution is 6.30. The summed E-state index contributed by atoms with van der Waals surface area (Å²) in [6, 6.07) is 5.36. The molecule has 1 saturated carbocycles. The van der Waals surface area contributed by atoms with Gasteiger partial charge in [-0.3, -0.25) is 4.79 Å². The number of carbonyl (C=O) groups excluding carboxylic acids is 1. The van der Waals surface area contributed by atoms with E-state index in [0.29, 0.717) is 23.1 Å². The summed E-state index contributed by atoms with van der Waals surface area (Å²) in [6.07, 6.45) is 3.67. The molecular weight excluding hydrogens is 311 g/mol. The number of nitrogens with two attached hydrogens (primary N) is 1. The van der Waals surface area contributed by atoms with Crippen molar-refractivity contribution in [2.24, 2.45) is 11.7 Å². The molecule has 4 nitrogen and oxygen atoms in total. The average molecular weight is 333 g/mol. The molecule has 6 heteroatoms. The number of ether oxygens (including phenoxy) is 1. The van der Waals surface area contributed by atoms with Crippen LogP contribution in [0.25, 0.3) is 0 Å². The third kappa shape index (κ3) is 5.06. The lowest BCUT2D eigenvalue weighted by atomic mass is 9.85. The molecule has 1 aliphatic carbocycles. The van der Waals surface area contributed by atoms with Gasteiger partial charge in [0.25, 0.3) is 0 Å². The van der Waals surface area contributed by atoms with Crippen LogP contribution in [-0.2, 0) is 4.79 Å². The van der Waals surface area contributed by atoms with Gasteiger partial charge in [-0.15, -0.1) is 12.4 Å². The Balaban J connectivity index is 0.00000220. The predicted molar refractivity (Wildman–Crippen MR) is 88.4 cm³/mol. The summed E-state index contributed by atoms with van der Waals surface area (Å²) >= 11 is 5.95. The van der Waals surface area contributed by atoms with Gasteiger partial charge in [-0.1, -0.05) is 18.0 Å². The Hall–Kier alpha value is -0.970. The highest BCUT2D eigenvalue weighted by atomic mass is 35.5. The maximum atomic E-state index is 12.3. The van der Waals surface area contributed by atoms with Crippen LogP contribution >= 0.6 is 24.0 Å². The zero-order valence-corrected chi connectivity index (χ0v) is 13.7. The third-order valence-electron chi connectivity index (χ3n) is 3.59. The van der Waals surface area contributed by atoms with E-state index in [1.165, 1.54) is 0 Å². The van der Waals surface area contributed by atoms with Crippen LogP contribution in [-0.4, -0.2) is 18.6 Å². The van der Waals surface area contributed by atoms with Gasteiger partial charge in [-0.2, -0.15) is 0 Å². The molecule has 1 aromatic rings. The van der Waals surface area contributed by atoms with Crippen LogP contribution in [0, 0.1) is 5.92 Å². The van der Waals surface area contributed by atoms with Crippen molar-refractivity contribution in [2.45, 2.75) is 38.6 Å². The topological polar surface area (TPSA) is 64.3 Å². The van der Waals surface area contributed by atoms with E-state index >= 15 is 0 Å². The first-order valence-electron chi connectivity index (χ1n) is 7.09. The zero-order chi connectivity index (χ0) is 14.5. The van der Waals surface area contributed by atoms with Gasteiger partial charge < -0.3 is 15.8 Å². The first-order valence-corrected chi connectivity index (χ1v) is 7.46. The van der Waals surface area contributed by atoms with Crippen molar-refractivity contribution in [3.05, 3.63) is 23.2 Å². The van der Waals surface area contributed by atoms with Crippen molar-refractivity contribution >= 4 is 35.6 Å². The Bertz CT molecular complexity index is 483. The Morgan fingerprint density at radius 3 is 2.90 bits per heavy atom. The molecule has 0 heterocycles. The van der Waals surface area contributed by atoms with E-state index in [4.69, 9.17) is 22.1 Å². The predicted octanol–water partition coefficient (Wildman–Crippen LogP) is 3.62. The number of amides is 1. The molecule has 0 radical (unpaired) electrons. The van der Waals surface area contributed by atoms with Crippen molar-refractivity contribution in [2.75, 3.05) is 11.9 Å². The maximum Gasteiger partial charge on any atom is 0.227 e. The molecule has 1 aliphatic rings. The van der Waals surface area contributed by atoms with Gasteiger partial charge in [-0.05, 0) is 38.3 Å². The smallest absolute Gasteiger partial charge is 0.227 e. The minimum atomic E-state index is -0.0103. The Labute approximate surface area is 136 Å². The zero-order valence-electron chi connectivity index (χ0n) is 12.1. The first kappa shape index (κ1) is 18.1. The van der Waals surface area contributed by atoms with E-state index in [1.54, 1.807) is 18.2 Å². The summed E-state index contributed by atoms with van der Waals surface area (Å²) in [7, 11) is 0. The number of halogens is 2. The molecular formula is C15H22Cl2N2O2. The molecule has 3 N–H and O–H groups in total. The maximum absolute atomic E-state index is 12.3. The second-order valence-electron chi connectivity index (χ2n) is 5.19. The van der Waals surface area contributed by atoms with E-state index in [2.05, 4.69) is 5.32 Å². The van der Waals surface area contributed by atoms with Crippen molar-refractivity contribution in [1.82, 2.24) is 0 Å². The van der Waals surface area contributed by atoms with Crippen LogP contribution < -0.4 is 15.8 Å². The average Bonchev–Trinajstić information content (AvgIpc) is 2.42. The largest absolute Gasteiger partial charge is 0.492 e. The molecule has 0 aliphatic heterocycles. The normalized spacial score (nSPS) is 21.3. The SMILES string of the molecule is CCOc1cc(Cl)ccc1NC(=O)C1CCCC(N)C1.Cl. The number of rotatable bonds is 4. The lowest BCUT2D eigenvalue weighted by Gasteiger charge is -2.26. The summed E-state index contributed by atoms with van der Waals surface area (Å²) in [5.41, 5.74) is 6.60. The number of anilines is 1. The molecule has 21 heavy (non-hydrogen) atoms. The molecule has 0 saturated heterocycles. The molecule has 0 spiro atoms. The van der Waals surface area contributed by atoms with Crippen LogP contribution in [0.1, 0.15) is 32.6 Å². The molecule has 2 rings (SSSR count). The molecule has 2 atom stereocenters. The number of carbonyl (C=O) groups is 1. The summed E-state index contributed by atoms with van der Waals surface area (Å²) in [5.74, 6) is 0.612. The molecule has 1 aromatic carbocycles. The molecule has 0 aromatic heterocycles. The van der Waals surface area contributed by atoms with Crippen molar-refractivity contribution in [3.8, 4) is 5.75 Å². The second-order valence-corrected chi connectivity index (χ2v) is 5.62. The Kier molecular flexibility index (Phi) is 7.29. The van der Waals surface area contributed by atoms with Crippen molar-refractivity contribution in [3.63, 3.8) is 0 Å². The third-order valence-corrected chi connectivity index (χ3v) is 3.82. The van der Waals surface area contributed by atoms with Crippen molar-refractivity contribution in [1.29, 1.82) is 0 Å². The summed E-state index contributed by atoms with van der Waals surface area (Å²) in [6.45, 7) is 2.42. The van der Waals surface area contributed by atoms with Gasteiger partial charge in [0.15, 0.2) is 0 Å². The van der Waals surface area contributed by atoms with E-state index in [-0.39, 0.29) is 30.3 Å². The van der Waals surface area contributed by atoms with Gasteiger partial charge in [0.2, 0.25) is 5.91 Å². The molecule has 0 bridgehead atoms. The number of hydrogen-bond acceptors (Lipinski definition) is 3. The van der Waals surface area contributed by atoms with Gasteiger partial charge in [-0.25, -0.2) is 0 Å². The van der Waals surface area contributed by atoms with Crippen molar-refractivity contribution < 1.29 is 9.53 Å². The standard InChI is InChI=1S/C15H21ClN2O2.ClH/c1-2-20-14-9-11(16)6-7-13(14)18-15(19)10-4-3-5-12(17)8-10;/h6-7,9-10,12H,2-5,8,17H2,1H3,(H,18,19);1H. The van der Waals surface area contributed by atoms with E-state index in [1.807, 2.05) is 6.92 Å². The van der Waals surface area contributed by atoms with E-state index < -0.39 is 0 Å².